The predicted molar refractivity (Wildman–Crippen MR) is 112 cm³/mol. The third-order valence-electron chi connectivity index (χ3n) is 4.94. The monoisotopic (exact) mass is 447 g/mol. The Labute approximate surface area is 164 Å². The first-order valence-electron chi connectivity index (χ1n) is 9.29. The fourth-order valence-electron chi connectivity index (χ4n) is 3.60. The van der Waals surface area contributed by atoms with E-state index in [1.165, 1.54) is 19.3 Å². The molecule has 2 rings (SSSR count). The zero-order valence-electron chi connectivity index (χ0n) is 15.4. The van der Waals surface area contributed by atoms with Gasteiger partial charge in [-0.05, 0) is 37.7 Å². The van der Waals surface area contributed by atoms with Crippen LogP contribution in [0.3, 0.4) is 0 Å². The van der Waals surface area contributed by atoms with Gasteiger partial charge in [-0.3, -0.25) is 9.67 Å². The maximum atomic E-state index is 4.83. The van der Waals surface area contributed by atoms with E-state index >= 15 is 0 Å². The molecular weight excluding hydrogens is 413 g/mol. The molecule has 0 aromatic carbocycles. The lowest BCUT2D eigenvalue weighted by atomic mass is 9.87. The number of halogens is 1. The zero-order chi connectivity index (χ0) is 16.5. The molecule has 1 aliphatic heterocycles. The third-order valence-corrected chi connectivity index (χ3v) is 4.94. The molecule has 0 saturated carbocycles. The summed E-state index contributed by atoms with van der Waals surface area (Å²) >= 11 is 0. The Morgan fingerprint density at radius 2 is 2.12 bits per heavy atom. The number of nitrogens with one attached hydrogen (secondary N) is 1. The number of hydrogen-bond acceptors (Lipinski definition) is 2. The summed E-state index contributed by atoms with van der Waals surface area (Å²) in [6.07, 6.45) is 8.77. The average molecular weight is 447 g/mol. The van der Waals surface area contributed by atoms with Gasteiger partial charge in [-0.15, -0.1) is 24.0 Å². The minimum Gasteiger partial charge on any atom is -0.357 e. The summed E-state index contributed by atoms with van der Waals surface area (Å²) < 4.78 is 1.97. The molecule has 1 saturated heterocycles. The molecule has 1 atom stereocenters. The van der Waals surface area contributed by atoms with Gasteiger partial charge in [0.15, 0.2) is 5.96 Å². The van der Waals surface area contributed by atoms with E-state index in [1.54, 1.807) is 0 Å². The van der Waals surface area contributed by atoms with Crippen LogP contribution in [0, 0.1) is 11.8 Å². The zero-order valence-corrected chi connectivity index (χ0v) is 17.8. The Morgan fingerprint density at radius 1 is 1.33 bits per heavy atom. The quantitative estimate of drug-likeness (QED) is 0.287. The highest BCUT2D eigenvalue weighted by atomic mass is 127. The van der Waals surface area contributed by atoms with Gasteiger partial charge < -0.3 is 10.2 Å². The molecule has 138 valence electrons. The Hall–Kier alpha value is -0.790. The molecule has 1 unspecified atom stereocenters. The fraction of sp³-hybridized carbons (Fsp3) is 0.778. The van der Waals surface area contributed by atoms with E-state index in [0.29, 0.717) is 0 Å². The predicted octanol–water partition coefficient (Wildman–Crippen LogP) is 3.61. The topological polar surface area (TPSA) is 45.5 Å². The van der Waals surface area contributed by atoms with Crippen LogP contribution in [-0.2, 0) is 6.54 Å². The van der Waals surface area contributed by atoms with Crippen LogP contribution in [0.1, 0.15) is 46.5 Å². The van der Waals surface area contributed by atoms with Gasteiger partial charge in [0.2, 0.25) is 0 Å². The van der Waals surface area contributed by atoms with Gasteiger partial charge in [-0.2, -0.15) is 5.10 Å². The molecule has 6 heteroatoms. The van der Waals surface area contributed by atoms with Crippen molar-refractivity contribution >= 4 is 29.9 Å². The highest BCUT2D eigenvalue weighted by molar-refractivity contribution is 14.0. The normalized spacial score (nSPS) is 18.1. The van der Waals surface area contributed by atoms with E-state index in [1.807, 2.05) is 23.1 Å². The number of guanidine groups is 1. The summed E-state index contributed by atoms with van der Waals surface area (Å²) in [6.45, 7) is 11.8. The smallest absolute Gasteiger partial charge is 0.193 e. The van der Waals surface area contributed by atoms with Crippen molar-refractivity contribution in [2.75, 3.05) is 26.2 Å². The maximum absolute atomic E-state index is 4.83. The lowest BCUT2D eigenvalue weighted by Gasteiger charge is -2.24. The number of rotatable bonds is 8. The van der Waals surface area contributed by atoms with Crippen LogP contribution >= 0.6 is 24.0 Å². The van der Waals surface area contributed by atoms with E-state index in [9.17, 15) is 0 Å². The summed E-state index contributed by atoms with van der Waals surface area (Å²) in [7, 11) is 0. The van der Waals surface area contributed by atoms with Crippen molar-refractivity contribution < 1.29 is 0 Å². The summed E-state index contributed by atoms with van der Waals surface area (Å²) in [5.41, 5.74) is 0. The van der Waals surface area contributed by atoms with E-state index in [0.717, 1.165) is 56.9 Å². The van der Waals surface area contributed by atoms with Crippen molar-refractivity contribution in [2.24, 2.45) is 16.8 Å². The van der Waals surface area contributed by atoms with Crippen molar-refractivity contribution in [1.82, 2.24) is 20.0 Å². The second-order valence-corrected chi connectivity index (χ2v) is 6.43. The van der Waals surface area contributed by atoms with Crippen LogP contribution in [0.5, 0.6) is 0 Å². The van der Waals surface area contributed by atoms with Gasteiger partial charge in [0, 0.05) is 45.1 Å². The van der Waals surface area contributed by atoms with Gasteiger partial charge in [0.1, 0.15) is 0 Å². The lowest BCUT2D eigenvalue weighted by Crippen LogP contribution is -2.40. The maximum Gasteiger partial charge on any atom is 0.193 e. The Bertz CT molecular complexity index is 456. The van der Waals surface area contributed by atoms with Crippen LogP contribution in [0.25, 0.3) is 0 Å². The van der Waals surface area contributed by atoms with Crippen LogP contribution in [0.2, 0.25) is 0 Å². The van der Waals surface area contributed by atoms with E-state index in [-0.39, 0.29) is 24.0 Å². The van der Waals surface area contributed by atoms with Crippen molar-refractivity contribution in [3.8, 4) is 0 Å². The number of hydrogen-bond donors (Lipinski definition) is 1. The number of nitrogens with zero attached hydrogens (tertiary/aromatic N) is 4. The van der Waals surface area contributed by atoms with Crippen molar-refractivity contribution in [3.05, 3.63) is 18.5 Å². The molecule has 1 aliphatic rings. The number of aryl methyl sites for hydroxylation is 1. The first-order chi connectivity index (χ1) is 11.3. The van der Waals surface area contributed by atoms with Crippen LogP contribution < -0.4 is 5.32 Å². The highest BCUT2D eigenvalue weighted by Crippen LogP contribution is 2.28. The molecule has 1 aromatic rings. The first kappa shape index (κ1) is 21.3. The van der Waals surface area contributed by atoms with Crippen LogP contribution in [-0.4, -0.2) is 46.8 Å². The van der Waals surface area contributed by atoms with Crippen LogP contribution in [0.15, 0.2) is 23.5 Å². The molecule has 5 nitrogen and oxygen atoms in total. The van der Waals surface area contributed by atoms with Crippen molar-refractivity contribution in [3.63, 3.8) is 0 Å². The molecule has 0 spiro atoms. The largest absolute Gasteiger partial charge is 0.357 e. The van der Waals surface area contributed by atoms with Gasteiger partial charge in [0.25, 0.3) is 0 Å². The lowest BCUT2D eigenvalue weighted by molar-refractivity contribution is 0.319. The molecule has 0 aliphatic carbocycles. The number of aliphatic imine (C=N–C) groups is 1. The molecule has 0 amide bonds. The highest BCUT2D eigenvalue weighted by Gasteiger charge is 2.29. The minimum absolute atomic E-state index is 0. The Kier molecular flexibility index (Phi) is 10.4. The second-order valence-electron chi connectivity index (χ2n) is 6.43. The summed E-state index contributed by atoms with van der Waals surface area (Å²) in [4.78, 5) is 7.29. The molecule has 1 N–H and O–H groups in total. The number of aromatic nitrogens is 2. The first-order valence-corrected chi connectivity index (χ1v) is 9.29. The SMILES string of the molecule is CCNC(=NCCCn1cccn1)N1CCC(C(CC)CC)C1.I. The number of likely N-dealkylation sites (tertiary alicyclic amines) is 1. The molecule has 0 radical (unpaired) electrons. The van der Waals surface area contributed by atoms with Crippen molar-refractivity contribution in [2.45, 2.75) is 53.0 Å². The molecule has 2 heterocycles. The minimum atomic E-state index is 0. The molecular formula is C18H34IN5. The Balaban J connectivity index is 0.00000288. The van der Waals surface area contributed by atoms with Gasteiger partial charge in [-0.25, -0.2) is 0 Å². The summed E-state index contributed by atoms with van der Waals surface area (Å²) in [5.74, 6) is 2.79. The van der Waals surface area contributed by atoms with Crippen molar-refractivity contribution in [1.29, 1.82) is 0 Å². The summed E-state index contributed by atoms with van der Waals surface area (Å²) in [5, 5.41) is 7.70. The van der Waals surface area contributed by atoms with E-state index in [2.05, 4.69) is 36.1 Å². The standard InChI is InChI=1S/C18H33N5.HI/c1-4-16(5-2)17-9-14-22(15-17)18(19-6-3)20-10-7-12-23-13-8-11-21-23;/h8,11,13,16-17H,4-7,9-10,12,14-15H2,1-3H3,(H,19,20);1H. The molecule has 0 bridgehead atoms. The van der Waals surface area contributed by atoms with Gasteiger partial charge in [0.05, 0.1) is 0 Å². The molecule has 1 aromatic heterocycles. The fourth-order valence-corrected chi connectivity index (χ4v) is 3.60. The molecule has 1 fully saturated rings. The van der Waals surface area contributed by atoms with Gasteiger partial charge in [-0.1, -0.05) is 26.7 Å². The Morgan fingerprint density at radius 3 is 2.75 bits per heavy atom. The average Bonchev–Trinajstić information content (AvgIpc) is 3.23. The summed E-state index contributed by atoms with van der Waals surface area (Å²) in [6, 6.07) is 1.97. The third kappa shape index (κ3) is 6.26. The second kappa shape index (κ2) is 11.7. The van der Waals surface area contributed by atoms with Gasteiger partial charge >= 0.3 is 0 Å². The van der Waals surface area contributed by atoms with Crippen LogP contribution in [0.4, 0.5) is 0 Å². The molecule has 24 heavy (non-hydrogen) atoms. The van der Waals surface area contributed by atoms with E-state index < -0.39 is 0 Å². The van der Waals surface area contributed by atoms with E-state index in [4.69, 9.17) is 4.99 Å².